The van der Waals surface area contributed by atoms with Gasteiger partial charge in [0.25, 0.3) is 0 Å². The summed E-state index contributed by atoms with van der Waals surface area (Å²) in [5, 5.41) is 3.38. The molecule has 2 aliphatic rings. The zero-order chi connectivity index (χ0) is 12.3. The Morgan fingerprint density at radius 2 is 1.88 bits per heavy atom. The minimum Gasteiger partial charge on any atom is -0.377 e. The van der Waals surface area contributed by atoms with Crippen LogP contribution in [0.1, 0.15) is 6.92 Å². The molecule has 17 heavy (non-hydrogen) atoms. The second kappa shape index (κ2) is 6.11. The summed E-state index contributed by atoms with van der Waals surface area (Å²) in [7, 11) is 3.51. The lowest BCUT2D eigenvalue weighted by Crippen LogP contribution is -2.50. The Balaban J connectivity index is 1.89. The molecule has 2 fully saturated rings. The summed E-state index contributed by atoms with van der Waals surface area (Å²) in [5.74, 6) is 0. The molecule has 0 bridgehead atoms. The average Bonchev–Trinajstić information content (AvgIpc) is 2.82. The SMILES string of the molecule is COC1CN(C(C)C2CNCCO2)CC1OC. The first-order valence-electron chi connectivity index (χ1n) is 6.38. The maximum atomic E-state index is 5.80. The largest absolute Gasteiger partial charge is 0.377 e. The maximum absolute atomic E-state index is 5.80. The average molecular weight is 244 g/mol. The molecule has 0 amide bonds. The predicted molar refractivity (Wildman–Crippen MR) is 65.2 cm³/mol. The van der Waals surface area contributed by atoms with Gasteiger partial charge in [0.2, 0.25) is 0 Å². The molecule has 100 valence electrons. The zero-order valence-electron chi connectivity index (χ0n) is 11.0. The van der Waals surface area contributed by atoms with Gasteiger partial charge in [-0.05, 0) is 6.92 Å². The summed E-state index contributed by atoms with van der Waals surface area (Å²) in [6, 6.07) is 0.403. The van der Waals surface area contributed by atoms with Gasteiger partial charge in [-0.3, -0.25) is 4.90 Å². The molecule has 0 aromatic heterocycles. The van der Waals surface area contributed by atoms with Crippen molar-refractivity contribution in [3.05, 3.63) is 0 Å². The molecule has 5 nitrogen and oxygen atoms in total. The number of hydrogen-bond donors (Lipinski definition) is 1. The highest BCUT2D eigenvalue weighted by atomic mass is 16.5. The first kappa shape index (κ1) is 13.2. The quantitative estimate of drug-likeness (QED) is 0.736. The lowest BCUT2D eigenvalue weighted by atomic mass is 10.1. The van der Waals surface area contributed by atoms with Gasteiger partial charge in [-0.25, -0.2) is 0 Å². The molecule has 2 rings (SSSR count). The molecule has 2 saturated heterocycles. The highest BCUT2D eigenvalue weighted by Crippen LogP contribution is 2.20. The molecule has 0 radical (unpaired) electrons. The lowest BCUT2D eigenvalue weighted by Gasteiger charge is -2.34. The van der Waals surface area contributed by atoms with E-state index in [9.17, 15) is 0 Å². The highest BCUT2D eigenvalue weighted by molar-refractivity contribution is 4.91. The van der Waals surface area contributed by atoms with E-state index in [0.717, 1.165) is 32.8 Å². The summed E-state index contributed by atoms with van der Waals surface area (Å²) in [5.41, 5.74) is 0. The molecule has 4 unspecified atom stereocenters. The highest BCUT2D eigenvalue weighted by Gasteiger charge is 2.37. The van der Waals surface area contributed by atoms with Crippen molar-refractivity contribution in [2.45, 2.75) is 31.3 Å². The molecular formula is C12H24N2O3. The number of likely N-dealkylation sites (tertiary alicyclic amines) is 1. The number of nitrogens with one attached hydrogen (secondary N) is 1. The van der Waals surface area contributed by atoms with Crippen molar-refractivity contribution in [2.75, 3.05) is 47.0 Å². The fraction of sp³-hybridized carbons (Fsp3) is 1.00. The number of hydrogen-bond acceptors (Lipinski definition) is 5. The van der Waals surface area contributed by atoms with E-state index in [0.29, 0.717) is 6.04 Å². The first-order valence-corrected chi connectivity index (χ1v) is 6.38. The van der Waals surface area contributed by atoms with Crippen molar-refractivity contribution >= 4 is 0 Å². The van der Waals surface area contributed by atoms with Crippen molar-refractivity contribution in [3.8, 4) is 0 Å². The van der Waals surface area contributed by atoms with Gasteiger partial charge in [0, 0.05) is 46.4 Å². The van der Waals surface area contributed by atoms with Crippen LogP contribution < -0.4 is 5.32 Å². The Hall–Kier alpha value is -0.200. The molecule has 0 spiro atoms. The normalized spacial score (nSPS) is 37.2. The Kier molecular flexibility index (Phi) is 4.76. The number of nitrogens with zero attached hydrogens (tertiary/aromatic N) is 1. The fourth-order valence-corrected chi connectivity index (χ4v) is 2.69. The van der Waals surface area contributed by atoms with Crippen LogP contribution in [-0.2, 0) is 14.2 Å². The summed E-state index contributed by atoms with van der Waals surface area (Å²) in [4.78, 5) is 2.40. The number of rotatable bonds is 4. The Morgan fingerprint density at radius 3 is 2.35 bits per heavy atom. The molecule has 4 atom stereocenters. The van der Waals surface area contributed by atoms with Gasteiger partial charge in [-0.15, -0.1) is 0 Å². The van der Waals surface area contributed by atoms with Crippen molar-refractivity contribution in [1.82, 2.24) is 10.2 Å². The summed E-state index contributed by atoms with van der Waals surface area (Å²) in [6.07, 6.45) is 0.634. The smallest absolute Gasteiger partial charge is 0.0971 e. The van der Waals surface area contributed by atoms with Gasteiger partial charge in [0.1, 0.15) is 0 Å². The van der Waals surface area contributed by atoms with E-state index in [2.05, 4.69) is 17.1 Å². The van der Waals surface area contributed by atoms with E-state index >= 15 is 0 Å². The molecule has 2 heterocycles. The molecule has 0 aromatic rings. The molecule has 0 saturated carbocycles. The van der Waals surface area contributed by atoms with E-state index in [1.807, 2.05) is 0 Å². The van der Waals surface area contributed by atoms with Crippen LogP contribution in [0.25, 0.3) is 0 Å². The third-order valence-corrected chi connectivity index (χ3v) is 3.92. The number of ether oxygens (including phenoxy) is 3. The van der Waals surface area contributed by atoms with Gasteiger partial charge in [0.15, 0.2) is 0 Å². The van der Waals surface area contributed by atoms with Crippen molar-refractivity contribution in [2.24, 2.45) is 0 Å². The van der Waals surface area contributed by atoms with Crippen LogP contribution in [0.15, 0.2) is 0 Å². The number of methoxy groups -OCH3 is 2. The monoisotopic (exact) mass is 244 g/mol. The molecule has 0 aliphatic carbocycles. The zero-order valence-corrected chi connectivity index (χ0v) is 11.0. The Labute approximate surface area is 103 Å². The predicted octanol–water partition coefficient (Wildman–Crippen LogP) is -0.291. The Bertz CT molecular complexity index is 222. The van der Waals surface area contributed by atoms with E-state index in [1.54, 1.807) is 14.2 Å². The van der Waals surface area contributed by atoms with Crippen LogP contribution in [0.5, 0.6) is 0 Å². The van der Waals surface area contributed by atoms with Crippen molar-refractivity contribution in [1.29, 1.82) is 0 Å². The van der Waals surface area contributed by atoms with Crippen LogP contribution in [0, 0.1) is 0 Å². The standard InChI is InChI=1S/C12H24N2O3/c1-9(10-6-13-4-5-17-10)14-7-11(15-2)12(8-14)16-3/h9-13H,4-8H2,1-3H3. The maximum Gasteiger partial charge on any atom is 0.0971 e. The van der Waals surface area contributed by atoms with Crippen LogP contribution in [0.2, 0.25) is 0 Å². The van der Waals surface area contributed by atoms with Crippen molar-refractivity contribution in [3.63, 3.8) is 0 Å². The fourth-order valence-electron chi connectivity index (χ4n) is 2.69. The van der Waals surface area contributed by atoms with Gasteiger partial charge in [0.05, 0.1) is 24.9 Å². The lowest BCUT2D eigenvalue weighted by molar-refractivity contribution is -0.0242. The Morgan fingerprint density at radius 1 is 1.24 bits per heavy atom. The van der Waals surface area contributed by atoms with Gasteiger partial charge in [-0.2, -0.15) is 0 Å². The minimum absolute atomic E-state index is 0.180. The van der Waals surface area contributed by atoms with E-state index in [-0.39, 0.29) is 18.3 Å². The van der Waals surface area contributed by atoms with Gasteiger partial charge in [-0.1, -0.05) is 0 Å². The van der Waals surface area contributed by atoms with Crippen LogP contribution in [0.4, 0.5) is 0 Å². The summed E-state index contributed by atoms with van der Waals surface area (Å²) >= 11 is 0. The third-order valence-electron chi connectivity index (χ3n) is 3.92. The minimum atomic E-state index is 0.180. The topological polar surface area (TPSA) is 43.0 Å². The molecule has 5 heteroatoms. The summed E-state index contributed by atoms with van der Waals surface area (Å²) < 4.78 is 16.7. The van der Waals surface area contributed by atoms with Crippen LogP contribution in [-0.4, -0.2) is 76.3 Å². The third kappa shape index (κ3) is 2.98. The van der Waals surface area contributed by atoms with Gasteiger partial charge < -0.3 is 19.5 Å². The molecule has 1 N–H and O–H groups in total. The van der Waals surface area contributed by atoms with E-state index in [1.165, 1.54) is 0 Å². The summed E-state index contributed by atoms with van der Waals surface area (Å²) in [6.45, 7) is 6.79. The second-order valence-corrected chi connectivity index (χ2v) is 4.86. The second-order valence-electron chi connectivity index (χ2n) is 4.86. The van der Waals surface area contributed by atoms with Crippen molar-refractivity contribution < 1.29 is 14.2 Å². The van der Waals surface area contributed by atoms with Crippen LogP contribution in [0.3, 0.4) is 0 Å². The van der Waals surface area contributed by atoms with E-state index < -0.39 is 0 Å². The van der Waals surface area contributed by atoms with E-state index in [4.69, 9.17) is 14.2 Å². The van der Waals surface area contributed by atoms with Gasteiger partial charge >= 0.3 is 0 Å². The molecular weight excluding hydrogens is 220 g/mol. The molecule has 2 aliphatic heterocycles. The van der Waals surface area contributed by atoms with Crippen LogP contribution >= 0.6 is 0 Å². The molecule has 0 aromatic carbocycles. The first-order chi connectivity index (χ1) is 8.26. The number of morpholine rings is 1.